The van der Waals surface area contributed by atoms with Crippen LogP contribution in [0.25, 0.3) is 0 Å². The van der Waals surface area contributed by atoms with Gasteiger partial charge in [0.1, 0.15) is 18.2 Å². The second-order valence-electron chi connectivity index (χ2n) is 5.99. The fourth-order valence-corrected chi connectivity index (χ4v) is 3.06. The molecule has 2 heterocycles. The Labute approximate surface area is 153 Å². The summed E-state index contributed by atoms with van der Waals surface area (Å²) in [6.07, 6.45) is 5.03. The van der Waals surface area contributed by atoms with Gasteiger partial charge in [0.15, 0.2) is 0 Å². The number of anilines is 1. The molecule has 1 aromatic heterocycles. The Bertz CT molecular complexity index is 717. The summed E-state index contributed by atoms with van der Waals surface area (Å²) in [7, 11) is 0. The van der Waals surface area contributed by atoms with E-state index < -0.39 is 0 Å². The Balaban J connectivity index is 1.56. The van der Waals surface area contributed by atoms with Crippen LogP contribution >= 0.6 is 11.6 Å². The smallest absolute Gasteiger partial charge is 0.257 e. The monoisotopic (exact) mass is 359 g/mol. The normalized spacial score (nSPS) is 14.2. The summed E-state index contributed by atoms with van der Waals surface area (Å²) in [5.41, 5.74) is 0.618. The minimum Gasteiger partial charge on any atom is -0.492 e. The number of pyridine rings is 1. The van der Waals surface area contributed by atoms with E-state index in [1.165, 1.54) is 6.42 Å². The maximum Gasteiger partial charge on any atom is 0.257 e. The highest BCUT2D eigenvalue weighted by molar-refractivity contribution is 6.30. The molecule has 2 aromatic rings. The third-order valence-electron chi connectivity index (χ3n) is 4.14. The van der Waals surface area contributed by atoms with Gasteiger partial charge in [0, 0.05) is 24.3 Å². The van der Waals surface area contributed by atoms with Gasteiger partial charge in [-0.3, -0.25) is 4.79 Å². The summed E-state index contributed by atoms with van der Waals surface area (Å²) >= 11 is 5.94. The number of halogens is 1. The number of carbonyl (C=O) groups is 1. The van der Waals surface area contributed by atoms with Gasteiger partial charge in [-0.25, -0.2) is 4.98 Å². The molecule has 5 nitrogen and oxygen atoms in total. The first-order chi connectivity index (χ1) is 12.2. The second kappa shape index (κ2) is 8.72. The molecule has 0 radical (unpaired) electrons. The Hall–Kier alpha value is -2.27. The molecule has 0 unspecified atom stereocenters. The number of rotatable bonds is 6. The van der Waals surface area contributed by atoms with Crippen LogP contribution in [0.2, 0.25) is 5.02 Å². The van der Waals surface area contributed by atoms with E-state index in [-0.39, 0.29) is 5.91 Å². The molecule has 1 amide bonds. The number of carbonyl (C=O) groups excluding carboxylic acids is 1. The lowest BCUT2D eigenvalue weighted by molar-refractivity contribution is 0.0725. The molecule has 1 aliphatic rings. The number of nitrogens with one attached hydrogen (secondary N) is 1. The lowest BCUT2D eigenvalue weighted by Crippen LogP contribution is -2.36. The van der Waals surface area contributed by atoms with Crippen LogP contribution in [0, 0.1) is 0 Å². The number of hydrogen-bond donors (Lipinski definition) is 1. The number of hydrogen-bond acceptors (Lipinski definition) is 4. The van der Waals surface area contributed by atoms with Crippen LogP contribution in [-0.2, 0) is 0 Å². The van der Waals surface area contributed by atoms with Gasteiger partial charge in [-0.1, -0.05) is 17.7 Å². The number of piperidine rings is 1. The predicted molar refractivity (Wildman–Crippen MR) is 99.4 cm³/mol. The van der Waals surface area contributed by atoms with Crippen molar-refractivity contribution < 1.29 is 9.53 Å². The van der Waals surface area contributed by atoms with Crippen LogP contribution in [0.15, 0.2) is 42.6 Å². The molecule has 1 N–H and O–H groups in total. The van der Waals surface area contributed by atoms with E-state index in [4.69, 9.17) is 16.3 Å². The summed E-state index contributed by atoms with van der Waals surface area (Å²) in [6.45, 7) is 2.65. The number of nitrogens with zero attached hydrogens (tertiary/aromatic N) is 2. The number of likely N-dealkylation sites (tertiary alicyclic amines) is 1. The first kappa shape index (κ1) is 17.5. The molecule has 6 heteroatoms. The molecule has 3 rings (SSSR count). The lowest BCUT2D eigenvalue weighted by atomic mass is 10.1. The van der Waals surface area contributed by atoms with Crippen LogP contribution in [0.5, 0.6) is 5.75 Å². The van der Waals surface area contributed by atoms with Crippen molar-refractivity contribution in [2.24, 2.45) is 0 Å². The van der Waals surface area contributed by atoms with Crippen LogP contribution in [0.1, 0.15) is 29.6 Å². The van der Waals surface area contributed by atoms with E-state index in [1.807, 2.05) is 23.1 Å². The number of benzene rings is 1. The zero-order chi connectivity index (χ0) is 17.5. The first-order valence-corrected chi connectivity index (χ1v) is 8.98. The van der Waals surface area contributed by atoms with Crippen molar-refractivity contribution in [1.82, 2.24) is 9.88 Å². The fraction of sp³-hybridized carbons (Fsp3) is 0.368. The molecule has 25 heavy (non-hydrogen) atoms. The molecule has 0 atom stereocenters. The third kappa shape index (κ3) is 4.86. The van der Waals surface area contributed by atoms with Crippen molar-refractivity contribution in [3.8, 4) is 5.75 Å². The Morgan fingerprint density at radius 2 is 2.04 bits per heavy atom. The molecule has 0 aliphatic carbocycles. The summed E-state index contributed by atoms with van der Waals surface area (Å²) in [5, 5.41) is 3.84. The minimum absolute atomic E-state index is 0.0473. The number of amides is 1. The zero-order valence-corrected chi connectivity index (χ0v) is 14.8. The molecule has 1 aliphatic heterocycles. The highest BCUT2D eigenvalue weighted by Crippen LogP contribution is 2.19. The van der Waals surface area contributed by atoms with Crippen LogP contribution < -0.4 is 10.1 Å². The van der Waals surface area contributed by atoms with E-state index in [0.29, 0.717) is 29.6 Å². The van der Waals surface area contributed by atoms with Gasteiger partial charge in [0.05, 0.1) is 12.1 Å². The molecule has 1 fully saturated rings. The molecule has 0 spiro atoms. The molecular formula is C19H22ClN3O2. The second-order valence-corrected chi connectivity index (χ2v) is 6.42. The Morgan fingerprint density at radius 1 is 1.20 bits per heavy atom. The average molecular weight is 360 g/mol. The van der Waals surface area contributed by atoms with Crippen molar-refractivity contribution >= 4 is 23.3 Å². The molecular weight excluding hydrogens is 338 g/mol. The fourth-order valence-electron chi connectivity index (χ4n) is 2.88. The molecule has 0 bridgehead atoms. The van der Waals surface area contributed by atoms with Crippen molar-refractivity contribution in [2.75, 3.05) is 31.6 Å². The number of ether oxygens (including phenoxy) is 1. The molecule has 1 saturated heterocycles. The zero-order valence-electron chi connectivity index (χ0n) is 14.1. The largest absolute Gasteiger partial charge is 0.492 e. The van der Waals surface area contributed by atoms with E-state index in [9.17, 15) is 4.79 Å². The van der Waals surface area contributed by atoms with Gasteiger partial charge in [-0.2, -0.15) is 0 Å². The van der Waals surface area contributed by atoms with Gasteiger partial charge in [0.25, 0.3) is 5.91 Å². The number of aromatic nitrogens is 1. The summed E-state index contributed by atoms with van der Waals surface area (Å²) < 4.78 is 5.66. The molecule has 0 saturated carbocycles. The Morgan fingerprint density at radius 3 is 2.84 bits per heavy atom. The quantitative estimate of drug-likeness (QED) is 0.796. The maximum atomic E-state index is 12.7. The van der Waals surface area contributed by atoms with Crippen molar-refractivity contribution in [2.45, 2.75) is 19.3 Å². The summed E-state index contributed by atoms with van der Waals surface area (Å²) in [4.78, 5) is 18.9. The highest BCUT2D eigenvalue weighted by Gasteiger charge is 2.21. The average Bonchev–Trinajstić information content (AvgIpc) is 2.66. The van der Waals surface area contributed by atoms with E-state index >= 15 is 0 Å². The highest BCUT2D eigenvalue weighted by atomic mass is 35.5. The lowest BCUT2D eigenvalue weighted by Gasteiger charge is -2.27. The van der Waals surface area contributed by atoms with Gasteiger partial charge in [-0.15, -0.1) is 0 Å². The van der Waals surface area contributed by atoms with Crippen molar-refractivity contribution in [1.29, 1.82) is 0 Å². The van der Waals surface area contributed by atoms with Crippen LogP contribution in [-0.4, -0.2) is 42.0 Å². The topological polar surface area (TPSA) is 54.5 Å². The minimum atomic E-state index is 0.0473. The van der Waals surface area contributed by atoms with Gasteiger partial charge in [0.2, 0.25) is 0 Å². The SMILES string of the molecule is O=C(c1cccnc1NCCOc1cccc(Cl)c1)N1CCCCC1. The predicted octanol–water partition coefficient (Wildman–Crippen LogP) is 3.85. The summed E-state index contributed by atoms with van der Waals surface area (Å²) in [6, 6.07) is 10.9. The van der Waals surface area contributed by atoms with Crippen molar-refractivity contribution in [3.63, 3.8) is 0 Å². The van der Waals surface area contributed by atoms with Crippen LogP contribution in [0.4, 0.5) is 5.82 Å². The van der Waals surface area contributed by atoms with E-state index in [2.05, 4.69) is 10.3 Å². The molecule has 132 valence electrons. The van der Waals surface area contributed by atoms with Crippen LogP contribution in [0.3, 0.4) is 0 Å². The van der Waals surface area contributed by atoms with E-state index in [1.54, 1.807) is 24.4 Å². The first-order valence-electron chi connectivity index (χ1n) is 8.60. The van der Waals surface area contributed by atoms with Gasteiger partial charge >= 0.3 is 0 Å². The van der Waals surface area contributed by atoms with Gasteiger partial charge < -0.3 is 15.0 Å². The Kier molecular flexibility index (Phi) is 6.12. The third-order valence-corrected chi connectivity index (χ3v) is 4.38. The van der Waals surface area contributed by atoms with Crippen molar-refractivity contribution in [3.05, 3.63) is 53.2 Å². The van der Waals surface area contributed by atoms with E-state index in [0.717, 1.165) is 31.7 Å². The standard InChI is InChI=1S/C19H22ClN3O2/c20-15-6-4-7-16(14-15)25-13-10-22-18-17(8-5-9-21-18)19(24)23-11-2-1-3-12-23/h4-9,14H,1-3,10-13H2,(H,21,22). The summed E-state index contributed by atoms with van der Waals surface area (Å²) in [5.74, 6) is 1.37. The molecule has 1 aromatic carbocycles. The van der Waals surface area contributed by atoms with Gasteiger partial charge in [-0.05, 0) is 49.6 Å². The maximum absolute atomic E-state index is 12.7.